The Morgan fingerprint density at radius 2 is 2.03 bits per heavy atom. The van der Waals surface area contributed by atoms with Gasteiger partial charge in [-0.25, -0.2) is 0 Å². The first-order chi connectivity index (χ1) is 15.6. The summed E-state index contributed by atoms with van der Waals surface area (Å²) in [7, 11) is 1.58. The van der Waals surface area contributed by atoms with Crippen LogP contribution >= 0.6 is 0 Å². The summed E-state index contributed by atoms with van der Waals surface area (Å²) >= 11 is 0. The SMILES string of the molecule is COc1c(C#N)cccc1[C@@H](C)Nc1nnc(C)c2ncc(N3C4CCC3COC4)cc12. The standard InChI is InChI=1S/C24H26N6O2/c1-14(20-6-4-5-16(10-25)23(20)31-3)27-24-21-9-19(11-26-22(21)15(2)28-29-24)30-17-7-8-18(30)13-32-12-17/h4-6,9,11,14,17-18H,7-8,12-13H2,1-3H3,(H,27,29)/t14-,17?,18?/m1/s1. The maximum absolute atomic E-state index is 9.43. The molecule has 0 amide bonds. The van der Waals surface area contributed by atoms with E-state index in [0.29, 0.717) is 29.2 Å². The van der Waals surface area contributed by atoms with E-state index >= 15 is 0 Å². The monoisotopic (exact) mass is 430 g/mol. The van der Waals surface area contributed by atoms with Gasteiger partial charge in [0.25, 0.3) is 0 Å². The molecular formula is C24H26N6O2. The van der Waals surface area contributed by atoms with Crippen LogP contribution < -0.4 is 15.0 Å². The summed E-state index contributed by atoms with van der Waals surface area (Å²) in [4.78, 5) is 7.22. The number of hydrogen-bond acceptors (Lipinski definition) is 8. The lowest BCUT2D eigenvalue weighted by atomic mass is 10.0. The zero-order valence-corrected chi connectivity index (χ0v) is 18.5. The van der Waals surface area contributed by atoms with E-state index in [4.69, 9.17) is 14.5 Å². The van der Waals surface area contributed by atoms with Crippen LogP contribution in [0.2, 0.25) is 0 Å². The maximum Gasteiger partial charge on any atom is 0.158 e. The molecule has 3 aromatic rings. The van der Waals surface area contributed by atoms with E-state index in [9.17, 15) is 5.26 Å². The van der Waals surface area contributed by atoms with E-state index in [-0.39, 0.29) is 6.04 Å². The third-order valence-electron chi connectivity index (χ3n) is 6.50. The molecule has 2 aliphatic rings. The lowest BCUT2D eigenvalue weighted by Crippen LogP contribution is -2.45. The first-order valence-electron chi connectivity index (χ1n) is 10.9. The molecule has 2 saturated heterocycles. The topological polar surface area (TPSA) is 96.2 Å². The molecule has 0 spiro atoms. The molecule has 0 saturated carbocycles. The van der Waals surface area contributed by atoms with Crippen LogP contribution in [0.1, 0.15) is 42.6 Å². The van der Waals surface area contributed by atoms with Crippen molar-refractivity contribution in [1.29, 1.82) is 5.26 Å². The van der Waals surface area contributed by atoms with Crippen molar-refractivity contribution in [3.8, 4) is 11.8 Å². The highest BCUT2D eigenvalue weighted by atomic mass is 16.5. The minimum atomic E-state index is -0.151. The van der Waals surface area contributed by atoms with Crippen molar-refractivity contribution in [1.82, 2.24) is 15.2 Å². The number of rotatable bonds is 5. The van der Waals surface area contributed by atoms with E-state index in [1.54, 1.807) is 13.2 Å². The van der Waals surface area contributed by atoms with Crippen molar-refractivity contribution in [2.45, 2.75) is 44.8 Å². The van der Waals surface area contributed by atoms with Crippen LogP contribution in [-0.4, -0.2) is 47.6 Å². The number of methoxy groups -OCH3 is 1. The number of para-hydroxylation sites is 1. The van der Waals surface area contributed by atoms with E-state index in [1.807, 2.05) is 32.2 Å². The first kappa shape index (κ1) is 20.5. The fraction of sp³-hybridized carbons (Fsp3) is 0.417. The molecule has 8 heteroatoms. The minimum Gasteiger partial charge on any atom is -0.495 e. The van der Waals surface area contributed by atoms with Crippen LogP contribution in [0.5, 0.6) is 5.75 Å². The Morgan fingerprint density at radius 3 is 2.75 bits per heavy atom. The van der Waals surface area contributed by atoms with Gasteiger partial charge in [-0.15, -0.1) is 5.10 Å². The predicted molar refractivity (Wildman–Crippen MR) is 122 cm³/mol. The van der Waals surface area contributed by atoms with Gasteiger partial charge in [-0.2, -0.15) is 10.4 Å². The van der Waals surface area contributed by atoms with Gasteiger partial charge in [-0.1, -0.05) is 12.1 Å². The number of pyridine rings is 1. The Kier molecular flexibility index (Phi) is 5.27. The second kappa shape index (κ2) is 8.24. The summed E-state index contributed by atoms with van der Waals surface area (Å²) in [5, 5.41) is 22.6. The molecule has 8 nitrogen and oxygen atoms in total. The summed E-state index contributed by atoms with van der Waals surface area (Å²) in [5.74, 6) is 1.24. The zero-order chi connectivity index (χ0) is 22.2. The number of benzene rings is 1. The van der Waals surface area contributed by atoms with Crippen molar-refractivity contribution in [2.24, 2.45) is 0 Å². The van der Waals surface area contributed by atoms with Gasteiger partial charge in [0.05, 0.1) is 67.1 Å². The molecule has 2 unspecified atom stereocenters. The van der Waals surface area contributed by atoms with Gasteiger partial charge in [-0.05, 0) is 38.8 Å². The first-order valence-corrected chi connectivity index (χ1v) is 10.9. The highest BCUT2D eigenvalue weighted by Gasteiger charge is 2.37. The second-order valence-corrected chi connectivity index (χ2v) is 8.46. The van der Waals surface area contributed by atoms with Crippen LogP contribution in [0.25, 0.3) is 10.9 Å². The molecule has 2 fully saturated rings. The number of aromatic nitrogens is 3. The molecule has 1 N–H and O–H groups in total. The quantitative estimate of drug-likeness (QED) is 0.654. The number of aryl methyl sites for hydroxylation is 1. The average molecular weight is 431 g/mol. The zero-order valence-electron chi connectivity index (χ0n) is 18.5. The number of fused-ring (bicyclic) bond motifs is 3. The summed E-state index contributed by atoms with van der Waals surface area (Å²) in [6.07, 6.45) is 4.24. The molecule has 1 aromatic carbocycles. The highest BCUT2D eigenvalue weighted by Crippen LogP contribution is 2.37. The smallest absolute Gasteiger partial charge is 0.158 e. The number of morpholine rings is 1. The van der Waals surface area contributed by atoms with E-state index in [2.05, 4.69) is 32.5 Å². The van der Waals surface area contributed by atoms with E-state index in [0.717, 1.165) is 53.9 Å². The normalized spacial score (nSPS) is 20.8. The Labute approximate surface area is 187 Å². The Bertz CT molecular complexity index is 1190. The fourth-order valence-electron chi connectivity index (χ4n) is 4.94. The molecule has 0 radical (unpaired) electrons. The van der Waals surface area contributed by atoms with Crippen molar-refractivity contribution in [3.05, 3.63) is 47.3 Å². The second-order valence-electron chi connectivity index (χ2n) is 8.46. The number of nitrogens with one attached hydrogen (secondary N) is 1. The van der Waals surface area contributed by atoms with Gasteiger partial charge < -0.3 is 19.7 Å². The number of nitrogens with zero attached hydrogens (tertiary/aromatic N) is 5. The number of nitriles is 1. The number of anilines is 2. The summed E-state index contributed by atoms with van der Waals surface area (Å²) in [5.41, 5.74) is 4.11. The third-order valence-corrected chi connectivity index (χ3v) is 6.50. The number of ether oxygens (including phenoxy) is 2. The molecule has 2 bridgehead atoms. The largest absolute Gasteiger partial charge is 0.495 e. The summed E-state index contributed by atoms with van der Waals surface area (Å²) < 4.78 is 11.3. The van der Waals surface area contributed by atoms with Crippen LogP contribution in [0.4, 0.5) is 11.5 Å². The van der Waals surface area contributed by atoms with Crippen LogP contribution in [0.15, 0.2) is 30.5 Å². The third kappa shape index (κ3) is 3.39. The van der Waals surface area contributed by atoms with Crippen molar-refractivity contribution < 1.29 is 9.47 Å². The fourth-order valence-corrected chi connectivity index (χ4v) is 4.94. The van der Waals surface area contributed by atoms with Crippen LogP contribution in [0, 0.1) is 18.3 Å². The minimum absolute atomic E-state index is 0.151. The summed E-state index contributed by atoms with van der Waals surface area (Å²) in [6, 6.07) is 10.6. The van der Waals surface area contributed by atoms with Gasteiger partial charge in [0.15, 0.2) is 5.82 Å². The molecule has 2 aliphatic heterocycles. The van der Waals surface area contributed by atoms with Crippen LogP contribution in [0.3, 0.4) is 0 Å². The van der Waals surface area contributed by atoms with Gasteiger partial charge >= 0.3 is 0 Å². The Balaban J connectivity index is 1.53. The van der Waals surface area contributed by atoms with Gasteiger partial charge in [-0.3, -0.25) is 4.98 Å². The van der Waals surface area contributed by atoms with Crippen molar-refractivity contribution in [3.63, 3.8) is 0 Å². The molecule has 3 atom stereocenters. The molecule has 0 aliphatic carbocycles. The van der Waals surface area contributed by atoms with Gasteiger partial charge in [0.2, 0.25) is 0 Å². The number of hydrogen-bond donors (Lipinski definition) is 1. The van der Waals surface area contributed by atoms with Gasteiger partial charge in [0.1, 0.15) is 11.8 Å². The molecule has 164 valence electrons. The molecular weight excluding hydrogens is 404 g/mol. The van der Waals surface area contributed by atoms with Gasteiger partial charge in [0, 0.05) is 10.9 Å². The van der Waals surface area contributed by atoms with E-state index in [1.165, 1.54) is 0 Å². The maximum atomic E-state index is 9.43. The lowest BCUT2D eigenvalue weighted by molar-refractivity contribution is 0.0906. The molecule has 2 aromatic heterocycles. The summed E-state index contributed by atoms with van der Waals surface area (Å²) in [6.45, 7) is 5.47. The van der Waals surface area contributed by atoms with Crippen molar-refractivity contribution in [2.75, 3.05) is 30.5 Å². The van der Waals surface area contributed by atoms with Crippen molar-refractivity contribution >= 4 is 22.4 Å². The molecule has 5 rings (SSSR count). The molecule has 32 heavy (non-hydrogen) atoms. The Hall–Kier alpha value is -3.44. The van der Waals surface area contributed by atoms with Crippen LogP contribution in [-0.2, 0) is 4.74 Å². The Morgan fingerprint density at radius 1 is 1.25 bits per heavy atom. The molecule has 4 heterocycles. The lowest BCUT2D eigenvalue weighted by Gasteiger charge is -2.36. The predicted octanol–water partition coefficient (Wildman–Crippen LogP) is 3.75. The van der Waals surface area contributed by atoms with E-state index < -0.39 is 0 Å². The highest BCUT2D eigenvalue weighted by molar-refractivity contribution is 5.92. The average Bonchev–Trinajstić information content (AvgIpc) is 3.07.